The summed E-state index contributed by atoms with van der Waals surface area (Å²) in [4.78, 5) is 14.0. The molecule has 8 nitrogen and oxygen atoms in total. The fourth-order valence-corrected chi connectivity index (χ4v) is 4.26. The molecule has 24 heavy (non-hydrogen) atoms. The molecule has 0 spiro atoms. The summed E-state index contributed by atoms with van der Waals surface area (Å²) in [6, 6.07) is 0. The van der Waals surface area contributed by atoms with E-state index < -0.39 is 0 Å². The summed E-state index contributed by atoms with van der Waals surface area (Å²) in [6.45, 7) is 10.5. The van der Waals surface area contributed by atoms with Crippen molar-refractivity contribution in [1.29, 1.82) is 5.41 Å². The van der Waals surface area contributed by atoms with Gasteiger partial charge in [0.25, 0.3) is 5.90 Å². The predicted molar refractivity (Wildman–Crippen MR) is 92.7 cm³/mol. The molecule has 2 fully saturated rings. The number of nitrogens with zero attached hydrogens (tertiary/aromatic N) is 3. The maximum Gasteiger partial charge on any atom is 0.259 e. The van der Waals surface area contributed by atoms with Gasteiger partial charge in [-0.25, -0.2) is 4.98 Å². The van der Waals surface area contributed by atoms with Gasteiger partial charge in [-0.1, -0.05) is 11.3 Å². The van der Waals surface area contributed by atoms with E-state index in [0.717, 1.165) is 49.4 Å². The smallest absolute Gasteiger partial charge is 0.259 e. The summed E-state index contributed by atoms with van der Waals surface area (Å²) in [6.07, 6.45) is 0. The number of hydrogen-bond acceptors (Lipinski definition) is 9. The summed E-state index contributed by atoms with van der Waals surface area (Å²) < 4.78 is 10.9. The quantitative estimate of drug-likeness (QED) is 0.467. The molecule has 2 aliphatic rings. The maximum absolute atomic E-state index is 8.01. The molecule has 1 aromatic heterocycles. The van der Waals surface area contributed by atoms with Gasteiger partial charge >= 0.3 is 0 Å². The molecule has 9 heteroatoms. The Morgan fingerprint density at radius 1 is 1.17 bits per heavy atom. The van der Waals surface area contributed by atoms with E-state index >= 15 is 0 Å². The number of rotatable bonds is 4. The van der Waals surface area contributed by atoms with E-state index in [2.05, 4.69) is 28.5 Å². The van der Waals surface area contributed by atoms with Crippen LogP contribution in [-0.2, 0) is 19.9 Å². The fourth-order valence-electron chi connectivity index (χ4n) is 3.02. The van der Waals surface area contributed by atoms with E-state index in [1.165, 1.54) is 0 Å². The monoisotopic (exact) mass is 355 g/mol. The molecule has 134 valence electrons. The number of nitrogens with two attached hydrogens (primary N) is 1. The first-order valence-electron chi connectivity index (χ1n) is 8.16. The molecule has 0 saturated carbocycles. The molecule has 0 amide bonds. The van der Waals surface area contributed by atoms with Gasteiger partial charge in [0.05, 0.1) is 32.0 Å². The van der Waals surface area contributed by atoms with Gasteiger partial charge in [0.1, 0.15) is 10.0 Å². The van der Waals surface area contributed by atoms with Gasteiger partial charge in [0, 0.05) is 26.2 Å². The Balaban J connectivity index is 1.93. The zero-order valence-electron chi connectivity index (χ0n) is 14.2. The first-order valence-corrected chi connectivity index (χ1v) is 8.98. The highest BCUT2D eigenvalue weighted by molar-refractivity contribution is 7.16. The maximum atomic E-state index is 8.01. The Bertz CT molecular complexity index is 580. The summed E-state index contributed by atoms with van der Waals surface area (Å²) in [5.41, 5.74) is 0.281. The van der Waals surface area contributed by atoms with Gasteiger partial charge in [0.2, 0.25) is 0 Å². The van der Waals surface area contributed by atoms with Crippen LogP contribution in [0.5, 0.6) is 0 Å². The Kier molecular flexibility index (Phi) is 5.36. The highest BCUT2D eigenvalue weighted by Crippen LogP contribution is 2.38. The minimum atomic E-state index is -0.234. The molecular weight excluding hydrogens is 330 g/mol. The zero-order valence-corrected chi connectivity index (χ0v) is 15.0. The average molecular weight is 355 g/mol. The number of nitrogens with one attached hydrogen (secondary N) is 1. The molecule has 0 atom stereocenters. The van der Waals surface area contributed by atoms with Gasteiger partial charge in [0.15, 0.2) is 5.69 Å². The van der Waals surface area contributed by atoms with Crippen molar-refractivity contribution in [3.8, 4) is 0 Å². The molecule has 0 radical (unpaired) electrons. The molecule has 0 aliphatic carbocycles. The van der Waals surface area contributed by atoms with Crippen LogP contribution in [0.4, 0.5) is 5.00 Å². The van der Waals surface area contributed by atoms with Crippen LogP contribution in [0.3, 0.4) is 0 Å². The molecule has 3 heterocycles. The lowest BCUT2D eigenvalue weighted by Gasteiger charge is -2.39. The molecule has 3 N–H and O–H groups in total. The molecule has 1 aromatic rings. The number of ether oxygens (including phenoxy) is 2. The lowest BCUT2D eigenvalue weighted by atomic mass is 10.0. The first kappa shape index (κ1) is 17.6. The molecule has 2 aliphatic heterocycles. The SMILES string of the molecule is CC(C)(c1nc(C(=N)ON)c(N2CCOCC2)s1)N1CCOCC1. The summed E-state index contributed by atoms with van der Waals surface area (Å²) in [5, 5.41) is 9.90. The lowest BCUT2D eigenvalue weighted by Crippen LogP contribution is -2.47. The van der Waals surface area contributed by atoms with Crippen LogP contribution in [0.25, 0.3) is 0 Å². The van der Waals surface area contributed by atoms with Crippen molar-refractivity contribution >= 4 is 22.2 Å². The molecule has 0 unspecified atom stereocenters. The number of morpholine rings is 2. The Morgan fingerprint density at radius 2 is 1.75 bits per heavy atom. The largest absolute Gasteiger partial charge is 0.389 e. The number of anilines is 1. The van der Waals surface area contributed by atoms with Crippen molar-refractivity contribution in [1.82, 2.24) is 9.88 Å². The van der Waals surface area contributed by atoms with Gasteiger partial charge in [-0.2, -0.15) is 5.90 Å². The fraction of sp³-hybridized carbons (Fsp3) is 0.733. The van der Waals surface area contributed by atoms with Crippen LogP contribution in [0.1, 0.15) is 24.5 Å². The molecule has 2 saturated heterocycles. The average Bonchev–Trinajstić information content (AvgIpc) is 3.09. The van der Waals surface area contributed by atoms with Gasteiger partial charge in [-0.05, 0) is 13.8 Å². The lowest BCUT2D eigenvalue weighted by molar-refractivity contribution is -0.0118. The van der Waals surface area contributed by atoms with Crippen molar-refractivity contribution in [2.24, 2.45) is 5.90 Å². The third-order valence-corrected chi connectivity index (χ3v) is 5.99. The minimum Gasteiger partial charge on any atom is -0.389 e. The van der Waals surface area contributed by atoms with Crippen LogP contribution >= 0.6 is 11.3 Å². The number of aromatic nitrogens is 1. The van der Waals surface area contributed by atoms with E-state index in [0.29, 0.717) is 18.9 Å². The Morgan fingerprint density at radius 3 is 2.33 bits per heavy atom. The normalized spacial score (nSPS) is 20.2. The van der Waals surface area contributed by atoms with Crippen molar-refractivity contribution in [3.63, 3.8) is 0 Å². The van der Waals surface area contributed by atoms with Crippen LogP contribution in [0, 0.1) is 5.41 Å². The highest BCUT2D eigenvalue weighted by atomic mass is 32.1. The van der Waals surface area contributed by atoms with Gasteiger partial charge in [-0.3, -0.25) is 10.3 Å². The van der Waals surface area contributed by atoms with E-state index in [-0.39, 0.29) is 11.4 Å². The second kappa shape index (κ2) is 7.32. The second-order valence-corrected chi connectivity index (χ2v) is 7.36. The Hall–Kier alpha value is -1.26. The zero-order chi connectivity index (χ0) is 17.2. The van der Waals surface area contributed by atoms with Crippen LogP contribution in [-0.4, -0.2) is 68.4 Å². The molecular formula is C15H25N5O3S. The van der Waals surface area contributed by atoms with Crippen molar-refractivity contribution in [3.05, 3.63) is 10.7 Å². The minimum absolute atomic E-state index is 0.100. The summed E-state index contributed by atoms with van der Waals surface area (Å²) in [7, 11) is 0. The third kappa shape index (κ3) is 3.40. The number of thiazole rings is 1. The molecule has 0 bridgehead atoms. The van der Waals surface area contributed by atoms with E-state index in [9.17, 15) is 0 Å². The third-order valence-electron chi connectivity index (χ3n) is 4.57. The summed E-state index contributed by atoms with van der Waals surface area (Å²) in [5.74, 6) is 5.13. The van der Waals surface area contributed by atoms with Crippen LogP contribution in [0.2, 0.25) is 0 Å². The Labute approximate surface area is 145 Å². The second-order valence-electron chi connectivity index (χ2n) is 6.38. The number of hydrogen-bond donors (Lipinski definition) is 2. The first-order chi connectivity index (χ1) is 11.5. The van der Waals surface area contributed by atoms with E-state index in [4.69, 9.17) is 25.8 Å². The van der Waals surface area contributed by atoms with E-state index in [1.54, 1.807) is 11.3 Å². The van der Waals surface area contributed by atoms with Crippen molar-refractivity contribution in [2.45, 2.75) is 19.4 Å². The topological polar surface area (TPSA) is 96.9 Å². The highest BCUT2D eigenvalue weighted by Gasteiger charge is 2.35. The summed E-state index contributed by atoms with van der Waals surface area (Å²) >= 11 is 1.61. The van der Waals surface area contributed by atoms with Crippen molar-refractivity contribution < 1.29 is 14.3 Å². The van der Waals surface area contributed by atoms with Crippen LogP contribution < -0.4 is 10.8 Å². The van der Waals surface area contributed by atoms with Crippen LogP contribution in [0.15, 0.2) is 0 Å². The predicted octanol–water partition coefficient (Wildman–Crippen LogP) is 0.763. The van der Waals surface area contributed by atoms with Gasteiger partial charge < -0.3 is 19.2 Å². The van der Waals surface area contributed by atoms with Gasteiger partial charge in [-0.15, -0.1) is 0 Å². The van der Waals surface area contributed by atoms with Crippen molar-refractivity contribution in [2.75, 3.05) is 57.5 Å². The molecule has 3 rings (SSSR count). The van der Waals surface area contributed by atoms with E-state index in [1.807, 2.05) is 0 Å². The molecule has 0 aromatic carbocycles. The standard InChI is InChI=1S/C15H25N5O3S/c1-15(2,20-5-9-22-10-6-20)14-18-11(12(16)23-17)13(24-14)19-3-7-21-8-4-19/h16H,3-10,17H2,1-2H3.